The van der Waals surface area contributed by atoms with Crippen LogP contribution in [0.5, 0.6) is 0 Å². The average molecular weight is 286 g/mol. The molecule has 1 aromatic heterocycles. The van der Waals surface area contributed by atoms with Gasteiger partial charge in [-0.25, -0.2) is 0 Å². The van der Waals surface area contributed by atoms with Crippen molar-refractivity contribution < 1.29 is 0 Å². The molecule has 0 radical (unpaired) electrons. The molecular formula is C16H16ClN3. The minimum Gasteiger partial charge on any atom is -0.379 e. The first-order valence-electron chi connectivity index (χ1n) is 6.56. The fourth-order valence-corrected chi connectivity index (χ4v) is 2.66. The molecule has 0 aliphatic heterocycles. The molecular weight excluding hydrogens is 270 g/mol. The maximum absolute atomic E-state index is 6.28. The van der Waals surface area contributed by atoms with Gasteiger partial charge in [0.2, 0.25) is 0 Å². The summed E-state index contributed by atoms with van der Waals surface area (Å²) in [4.78, 5) is 0. The summed E-state index contributed by atoms with van der Waals surface area (Å²) in [6, 6.07) is 14.6. The summed E-state index contributed by atoms with van der Waals surface area (Å²) in [5.74, 6) is 0. The number of benzene rings is 2. The molecule has 0 aliphatic rings. The minimum atomic E-state index is 0.657. The Morgan fingerprint density at radius 2 is 1.90 bits per heavy atom. The molecule has 1 N–H and O–H groups in total. The molecule has 3 nitrogen and oxygen atoms in total. The first kappa shape index (κ1) is 13.0. The second-order valence-corrected chi connectivity index (χ2v) is 5.23. The van der Waals surface area contributed by atoms with Crippen molar-refractivity contribution in [1.82, 2.24) is 9.78 Å². The summed E-state index contributed by atoms with van der Waals surface area (Å²) < 4.78 is 1.83. The van der Waals surface area contributed by atoms with E-state index in [9.17, 15) is 0 Å². The molecule has 20 heavy (non-hydrogen) atoms. The van der Waals surface area contributed by atoms with Gasteiger partial charge >= 0.3 is 0 Å². The van der Waals surface area contributed by atoms with Crippen LogP contribution in [0.25, 0.3) is 10.8 Å². The van der Waals surface area contributed by atoms with E-state index in [0.29, 0.717) is 6.54 Å². The Morgan fingerprint density at radius 1 is 1.15 bits per heavy atom. The number of halogens is 1. The molecule has 4 heteroatoms. The Morgan fingerprint density at radius 3 is 2.65 bits per heavy atom. The minimum absolute atomic E-state index is 0.657. The Labute approximate surface area is 123 Å². The van der Waals surface area contributed by atoms with Gasteiger partial charge in [0.1, 0.15) is 0 Å². The van der Waals surface area contributed by atoms with E-state index in [1.807, 2.05) is 24.7 Å². The normalized spacial score (nSPS) is 10.9. The van der Waals surface area contributed by atoms with E-state index >= 15 is 0 Å². The third-order valence-electron chi connectivity index (χ3n) is 3.50. The third-order valence-corrected chi connectivity index (χ3v) is 3.99. The molecule has 0 saturated carbocycles. The smallest absolute Gasteiger partial charge is 0.0865 e. The zero-order chi connectivity index (χ0) is 14.1. The number of rotatable bonds is 3. The molecule has 2 aromatic carbocycles. The van der Waals surface area contributed by atoms with Crippen LogP contribution < -0.4 is 5.32 Å². The monoisotopic (exact) mass is 285 g/mol. The van der Waals surface area contributed by atoms with Gasteiger partial charge in [-0.3, -0.25) is 4.68 Å². The number of hydrogen-bond acceptors (Lipinski definition) is 2. The number of hydrogen-bond donors (Lipinski definition) is 1. The Hall–Kier alpha value is -2.00. The molecule has 0 fully saturated rings. The molecule has 1 heterocycles. The number of nitrogens with one attached hydrogen (secondary N) is 1. The maximum atomic E-state index is 6.28. The molecule has 0 bridgehead atoms. The van der Waals surface area contributed by atoms with E-state index in [-0.39, 0.29) is 0 Å². The highest BCUT2D eigenvalue weighted by Gasteiger charge is 2.10. The van der Waals surface area contributed by atoms with Gasteiger partial charge < -0.3 is 5.32 Å². The highest BCUT2D eigenvalue weighted by Crippen LogP contribution is 2.25. The second-order valence-electron chi connectivity index (χ2n) is 4.85. The van der Waals surface area contributed by atoms with E-state index in [2.05, 4.69) is 46.8 Å². The predicted octanol–water partition coefficient (Wildman–Crippen LogP) is 4.15. The fourth-order valence-electron chi connectivity index (χ4n) is 2.43. The largest absolute Gasteiger partial charge is 0.379 e. The molecule has 0 unspecified atom stereocenters. The average Bonchev–Trinajstić information content (AvgIpc) is 2.70. The highest BCUT2D eigenvalue weighted by molar-refractivity contribution is 6.31. The topological polar surface area (TPSA) is 29.9 Å². The van der Waals surface area contributed by atoms with Crippen molar-refractivity contribution in [2.75, 3.05) is 5.32 Å². The van der Waals surface area contributed by atoms with Gasteiger partial charge in [-0.2, -0.15) is 5.10 Å². The van der Waals surface area contributed by atoms with Crippen LogP contribution in [-0.4, -0.2) is 9.78 Å². The molecule has 3 rings (SSSR count). The lowest BCUT2D eigenvalue weighted by Crippen LogP contribution is -2.06. The van der Waals surface area contributed by atoms with Crippen LogP contribution in [0.15, 0.2) is 42.5 Å². The molecule has 0 aliphatic carbocycles. The summed E-state index contributed by atoms with van der Waals surface area (Å²) in [5, 5.41) is 11.0. The quantitative estimate of drug-likeness (QED) is 0.783. The molecule has 0 atom stereocenters. The number of nitrogens with zero attached hydrogens (tertiary/aromatic N) is 2. The summed E-state index contributed by atoms with van der Waals surface area (Å²) >= 11 is 6.28. The third kappa shape index (κ3) is 2.25. The van der Waals surface area contributed by atoms with Gasteiger partial charge in [0, 0.05) is 18.1 Å². The van der Waals surface area contributed by atoms with Crippen LogP contribution in [0, 0.1) is 6.92 Å². The summed E-state index contributed by atoms with van der Waals surface area (Å²) in [6.07, 6.45) is 0. The predicted molar refractivity (Wildman–Crippen MR) is 84.2 cm³/mol. The Bertz CT molecular complexity index is 756. The molecule has 0 saturated heterocycles. The fraction of sp³-hybridized carbons (Fsp3) is 0.188. The molecule has 0 amide bonds. The maximum Gasteiger partial charge on any atom is 0.0865 e. The SMILES string of the molecule is Cc1nn(C)c(CNc2cccc3ccccc23)c1Cl. The Kier molecular flexibility index (Phi) is 3.36. The van der Waals surface area contributed by atoms with Crippen molar-refractivity contribution in [2.45, 2.75) is 13.5 Å². The van der Waals surface area contributed by atoms with E-state index in [0.717, 1.165) is 22.1 Å². The van der Waals surface area contributed by atoms with Gasteiger partial charge in [-0.1, -0.05) is 48.0 Å². The Balaban J connectivity index is 1.91. The standard InChI is InChI=1S/C16H16ClN3/c1-11-16(17)15(20(2)19-11)10-18-14-9-5-7-12-6-3-4-8-13(12)14/h3-9,18H,10H2,1-2H3. The van der Waals surface area contributed by atoms with E-state index in [4.69, 9.17) is 11.6 Å². The number of aryl methyl sites for hydroxylation is 2. The zero-order valence-corrected chi connectivity index (χ0v) is 12.3. The zero-order valence-electron chi connectivity index (χ0n) is 11.5. The molecule has 0 spiro atoms. The molecule has 102 valence electrons. The van der Waals surface area contributed by atoms with Crippen LogP contribution in [0.2, 0.25) is 5.02 Å². The summed E-state index contributed by atoms with van der Waals surface area (Å²) in [6.45, 7) is 2.58. The van der Waals surface area contributed by atoms with E-state index in [1.54, 1.807) is 0 Å². The van der Waals surface area contributed by atoms with Gasteiger partial charge in [-0.05, 0) is 18.4 Å². The van der Waals surface area contributed by atoms with Gasteiger partial charge in [0.05, 0.1) is 23.0 Å². The number of anilines is 1. The first-order chi connectivity index (χ1) is 9.66. The van der Waals surface area contributed by atoms with Crippen molar-refractivity contribution in [1.29, 1.82) is 0 Å². The first-order valence-corrected chi connectivity index (χ1v) is 6.94. The molecule has 3 aromatic rings. The number of aromatic nitrogens is 2. The van der Waals surface area contributed by atoms with Crippen LogP contribution in [0.1, 0.15) is 11.4 Å². The highest BCUT2D eigenvalue weighted by atomic mass is 35.5. The van der Waals surface area contributed by atoms with Crippen molar-refractivity contribution >= 4 is 28.1 Å². The van der Waals surface area contributed by atoms with Crippen LogP contribution in [-0.2, 0) is 13.6 Å². The summed E-state index contributed by atoms with van der Waals surface area (Å²) in [5.41, 5.74) is 2.97. The van der Waals surface area contributed by atoms with Gasteiger partial charge in [-0.15, -0.1) is 0 Å². The lowest BCUT2D eigenvalue weighted by molar-refractivity contribution is 0.713. The summed E-state index contributed by atoms with van der Waals surface area (Å²) in [7, 11) is 1.92. The van der Waals surface area contributed by atoms with Crippen LogP contribution >= 0.6 is 11.6 Å². The number of fused-ring (bicyclic) bond motifs is 1. The second kappa shape index (κ2) is 5.17. The van der Waals surface area contributed by atoms with E-state index < -0.39 is 0 Å². The lowest BCUT2D eigenvalue weighted by Gasteiger charge is -2.10. The van der Waals surface area contributed by atoms with Crippen molar-refractivity contribution in [3.8, 4) is 0 Å². The van der Waals surface area contributed by atoms with Crippen LogP contribution in [0.4, 0.5) is 5.69 Å². The van der Waals surface area contributed by atoms with Gasteiger partial charge in [0.25, 0.3) is 0 Å². The van der Waals surface area contributed by atoms with Crippen LogP contribution in [0.3, 0.4) is 0 Å². The van der Waals surface area contributed by atoms with Crippen molar-refractivity contribution in [3.05, 3.63) is 58.9 Å². The van der Waals surface area contributed by atoms with Gasteiger partial charge in [0.15, 0.2) is 0 Å². The lowest BCUT2D eigenvalue weighted by atomic mass is 10.1. The van der Waals surface area contributed by atoms with Crippen molar-refractivity contribution in [2.24, 2.45) is 7.05 Å². The van der Waals surface area contributed by atoms with Crippen molar-refractivity contribution in [3.63, 3.8) is 0 Å². The van der Waals surface area contributed by atoms with E-state index in [1.165, 1.54) is 10.8 Å².